The van der Waals surface area contributed by atoms with Gasteiger partial charge in [0.15, 0.2) is 11.3 Å². The smallest absolute Gasteiger partial charge is 0.357 e. The summed E-state index contributed by atoms with van der Waals surface area (Å²) in [5.41, 5.74) is 2.30. The van der Waals surface area contributed by atoms with Crippen molar-refractivity contribution in [3.8, 4) is 16.9 Å². The topological polar surface area (TPSA) is 97.4 Å². The number of fused-ring (bicyclic) bond motifs is 1. The largest absolute Gasteiger partial charge is 0.492 e. The zero-order valence-corrected chi connectivity index (χ0v) is 19.9. The third-order valence-electron chi connectivity index (χ3n) is 6.27. The first-order valence-electron chi connectivity index (χ1n) is 11.4. The quantitative estimate of drug-likeness (QED) is 0.542. The number of ether oxygens (including phenoxy) is 2. The van der Waals surface area contributed by atoms with E-state index in [0.29, 0.717) is 47.6 Å². The molecule has 0 spiro atoms. The molecule has 1 aliphatic rings. The number of piperidine rings is 1. The predicted molar refractivity (Wildman–Crippen MR) is 125 cm³/mol. The second-order valence-corrected chi connectivity index (χ2v) is 8.91. The second-order valence-electron chi connectivity index (χ2n) is 8.91. The molecular weight excluding hydrogens is 439 g/mol. The Kier molecular flexibility index (Phi) is 6.81. The molecule has 0 atom stereocenters. The van der Waals surface area contributed by atoms with Crippen LogP contribution in [0.2, 0.25) is 0 Å². The van der Waals surface area contributed by atoms with E-state index in [1.807, 2.05) is 18.7 Å². The minimum atomic E-state index is -0.624. The van der Waals surface area contributed by atoms with Crippen LogP contribution < -0.4 is 4.74 Å². The number of hydrogen-bond donors (Lipinski definition) is 1. The van der Waals surface area contributed by atoms with Crippen LogP contribution in [0.3, 0.4) is 0 Å². The summed E-state index contributed by atoms with van der Waals surface area (Å²) in [5, 5.41) is 8.05. The SMILES string of the molecule is COC(=O)c1nc2[nH]nc(C(C)C)c2c(OCC2CCN(C(C)=O)CC2)c1-c1ccc(F)cc1. The van der Waals surface area contributed by atoms with E-state index in [1.54, 1.807) is 19.1 Å². The van der Waals surface area contributed by atoms with Gasteiger partial charge in [-0.05, 0) is 42.4 Å². The number of benzene rings is 1. The summed E-state index contributed by atoms with van der Waals surface area (Å²) in [6.07, 6.45) is 1.65. The number of H-pyrrole nitrogens is 1. The van der Waals surface area contributed by atoms with Crippen LogP contribution in [-0.2, 0) is 9.53 Å². The van der Waals surface area contributed by atoms with E-state index in [1.165, 1.54) is 19.2 Å². The number of hydrogen-bond acceptors (Lipinski definition) is 6. The fourth-order valence-electron chi connectivity index (χ4n) is 4.36. The first-order valence-corrected chi connectivity index (χ1v) is 11.4. The molecule has 1 fully saturated rings. The van der Waals surface area contributed by atoms with Gasteiger partial charge in [0.2, 0.25) is 5.91 Å². The summed E-state index contributed by atoms with van der Waals surface area (Å²) < 4.78 is 25.2. The van der Waals surface area contributed by atoms with Gasteiger partial charge in [0.1, 0.15) is 11.6 Å². The van der Waals surface area contributed by atoms with Crippen molar-refractivity contribution in [1.29, 1.82) is 0 Å². The number of carbonyl (C=O) groups is 2. The van der Waals surface area contributed by atoms with Gasteiger partial charge in [-0.2, -0.15) is 5.10 Å². The third kappa shape index (κ3) is 4.60. The Balaban J connectivity index is 1.82. The van der Waals surface area contributed by atoms with Gasteiger partial charge in [0.25, 0.3) is 0 Å². The third-order valence-corrected chi connectivity index (χ3v) is 6.27. The molecule has 4 rings (SSSR count). The summed E-state index contributed by atoms with van der Waals surface area (Å²) in [6, 6.07) is 5.86. The fourth-order valence-corrected chi connectivity index (χ4v) is 4.36. The van der Waals surface area contributed by atoms with Crippen LogP contribution in [0.25, 0.3) is 22.2 Å². The molecule has 0 unspecified atom stereocenters. The number of aromatic amines is 1. The number of esters is 1. The van der Waals surface area contributed by atoms with Gasteiger partial charge in [-0.3, -0.25) is 9.89 Å². The maximum atomic E-state index is 13.7. The Morgan fingerprint density at radius 1 is 1.21 bits per heavy atom. The highest BCUT2D eigenvalue weighted by atomic mass is 19.1. The molecule has 2 aromatic heterocycles. The summed E-state index contributed by atoms with van der Waals surface area (Å²) in [7, 11) is 1.29. The molecule has 1 amide bonds. The van der Waals surface area contributed by atoms with Crippen LogP contribution in [0, 0.1) is 11.7 Å². The van der Waals surface area contributed by atoms with Crippen molar-refractivity contribution in [2.75, 3.05) is 26.8 Å². The van der Waals surface area contributed by atoms with E-state index < -0.39 is 5.97 Å². The van der Waals surface area contributed by atoms with Gasteiger partial charge in [-0.15, -0.1) is 0 Å². The summed E-state index contributed by atoms with van der Waals surface area (Å²) >= 11 is 0. The van der Waals surface area contributed by atoms with E-state index in [2.05, 4.69) is 15.2 Å². The second kappa shape index (κ2) is 9.79. The highest BCUT2D eigenvalue weighted by Crippen LogP contribution is 2.41. The van der Waals surface area contributed by atoms with E-state index in [0.717, 1.165) is 18.5 Å². The molecule has 0 aliphatic carbocycles. The number of rotatable bonds is 6. The molecule has 3 aromatic rings. The lowest BCUT2D eigenvalue weighted by atomic mass is 9.96. The van der Waals surface area contributed by atoms with Crippen molar-refractivity contribution in [3.63, 3.8) is 0 Å². The van der Waals surface area contributed by atoms with Gasteiger partial charge < -0.3 is 14.4 Å². The normalized spacial score (nSPS) is 14.6. The van der Waals surface area contributed by atoms with Gasteiger partial charge in [-0.1, -0.05) is 26.0 Å². The molecule has 34 heavy (non-hydrogen) atoms. The fraction of sp³-hybridized carbons (Fsp3) is 0.440. The van der Waals surface area contributed by atoms with Crippen molar-refractivity contribution in [2.24, 2.45) is 5.92 Å². The van der Waals surface area contributed by atoms with E-state index >= 15 is 0 Å². The highest BCUT2D eigenvalue weighted by Gasteiger charge is 2.29. The molecule has 0 saturated carbocycles. The average molecular weight is 469 g/mol. The molecule has 9 heteroatoms. The van der Waals surface area contributed by atoms with Crippen LogP contribution in [0.5, 0.6) is 5.75 Å². The van der Waals surface area contributed by atoms with Crippen molar-refractivity contribution in [1.82, 2.24) is 20.1 Å². The number of pyridine rings is 1. The van der Waals surface area contributed by atoms with Gasteiger partial charge in [0.05, 0.1) is 30.4 Å². The molecule has 1 aliphatic heterocycles. The Morgan fingerprint density at radius 2 is 1.88 bits per heavy atom. The van der Waals surface area contributed by atoms with Crippen LogP contribution in [0.4, 0.5) is 4.39 Å². The Bertz CT molecular complexity index is 1200. The molecule has 1 saturated heterocycles. The van der Waals surface area contributed by atoms with Crippen molar-refractivity contribution < 1.29 is 23.5 Å². The number of aromatic nitrogens is 3. The van der Waals surface area contributed by atoms with Crippen LogP contribution in [0.15, 0.2) is 24.3 Å². The van der Waals surface area contributed by atoms with E-state index in [4.69, 9.17) is 9.47 Å². The maximum Gasteiger partial charge on any atom is 0.357 e. The Morgan fingerprint density at radius 3 is 2.47 bits per heavy atom. The van der Waals surface area contributed by atoms with Crippen LogP contribution in [0.1, 0.15) is 55.7 Å². The van der Waals surface area contributed by atoms with E-state index in [9.17, 15) is 14.0 Å². The molecular formula is C25H29FN4O4. The lowest BCUT2D eigenvalue weighted by molar-refractivity contribution is -0.130. The van der Waals surface area contributed by atoms with Crippen molar-refractivity contribution >= 4 is 22.9 Å². The van der Waals surface area contributed by atoms with Crippen molar-refractivity contribution in [2.45, 2.75) is 39.5 Å². The number of amides is 1. The number of nitrogens with zero attached hydrogens (tertiary/aromatic N) is 3. The van der Waals surface area contributed by atoms with E-state index in [-0.39, 0.29) is 29.3 Å². The van der Waals surface area contributed by atoms with Gasteiger partial charge in [0, 0.05) is 20.0 Å². The Hall–Kier alpha value is -3.49. The molecule has 180 valence electrons. The number of likely N-dealkylation sites (tertiary alicyclic amines) is 1. The summed E-state index contributed by atoms with van der Waals surface area (Å²) in [6.45, 7) is 7.40. The number of carbonyl (C=O) groups excluding carboxylic acids is 2. The molecule has 1 N–H and O–H groups in total. The van der Waals surface area contributed by atoms with Crippen LogP contribution in [-0.4, -0.2) is 58.8 Å². The molecule has 8 nitrogen and oxygen atoms in total. The zero-order chi connectivity index (χ0) is 24.4. The highest BCUT2D eigenvalue weighted by molar-refractivity contribution is 6.03. The standard InChI is InChI=1S/C25H29FN4O4/c1-14(2)21-20-23(34-13-16-9-11-30(12-10-16)15(3)31)19(17-5-7-18(26)8-6-17)22(25(32)33-4)27-24(20)29-28-21/h5-8,14,16H,9-13H2,1-4H3,(H,27,28,29). The predicted octanol–water partition coefficient (Wildman–Crippen LogP) is 4.31. The average Bonchev–Trinajstić information content (AvgIpc) is 3.26. The monoisotopic (exact) mass is 468 g/mol. The first-order chi connectivity index (χ1) is 16.3. The molecule has 0 bridgehead atoms. The lowest BCUT2D eigenvalue weighted by Crippen LogP contribution is -2.38. The Labute approximate surface area is 197 Å². The number of nitrogens with one attached hydrogen (secondary N) is 1. The number of halogens is 1. The minimum Gasteiger partial charge on any atom is -0.492 e. The molecule has 1 aromatic carbocycles. The summed E-state index contributed by atoms with van der Waals surface area (Å²) in [5.74, 6) is -0.137. The lowest BCUT2D eigenvalue weighted by Gasteiger charge is -2.31. The molecule has 3 heterocycles. The minimum absolute atomic E-state index is 0.0711. The van der Waals surface area contributed by atoms with Gasteiger partial charge >= 0.3 is 5.97 Å². The van der Waals surface area contributed by atoms with Crippen molar-refractivity contribution in [3.05, 3.63) is 41.5 Å². The van der Waals surface area contributed by atoms with Crippen LogP contribution >= 0.6 is 0 Å². The number of methoxy groups -OCH3 is 1. The maximum absolute atomic E-state index is 13.7. The first kappa shape index (κ1) is 23.7. The van der Waals surface area contributed by atoms with Gasteiger partial charge in [-0.25, -0.2) is 14.2 Å². The summed E-state index contributed by atoms with van der Waals surface area (Å²) in [4.78, 5) is 30.8. The zero-order valence-electron chi connectivity index (χ0n) is 19.9. The molecule has 0 radical (unpaired) electrons.